The quantitative estimate of drug-likeness (QED) is 0.930. The Morgan fingerprint density at radius 1 is 1.28 bits per heavy atom. The van der Waals surface area contributed by atoms with E-state index in [9.17, 15) is 9.50 Å². The SMILES string of the molecule is OC(Cc1ccc(Cl)cc1F)c1ncccc1Cl. The van der Waals surface area contributed by atoms with Gasteiger partial charge in [-0.05, 0) is 29.8 Å². The van der Waals surface area contributed by atoms with E-state index in [0.717, 1.165) is 0 Å². The number of rotatable bonds is 3. The fraction of sp³-hybridized carbons (Fsp3) is 0.154. The monoisotopic (exact) mass is 285 g/mol. The number of pyridine rings is 1. The highest BCUT2D eigenvalue weighted by Crippen LogP contribution is 2.25. The van der Waals surface area contributed by atoms with Crippen LogP contribution in [0.15, 0.2) is 36.5 Å². The zero-order valence-corrected chi connectivity index (χ0v) is 10.8. The molecule has 0 aliphatic heterocycles. The molecule has 2 rings (SSSR count). The summed E-state index contributed by atoms with van der Waals surface area (Å²) in [4.78, 5) is 3.99. The van der Waals surface area contributed by atoms with Gasteiger partial charge in [0.15, 0.2) is 0 Å². The summed E-state index contributed by atoms with van der Waals surface area (Å²) in [6, 6.07) is 7.63. The Morgan fingerprint density at radius 2 is 2.06 bits per heavy atom. The van der Waals surface area contributed by atoms with E-state index in [0.29, 0.717) is 21.3 Å². The summed E-state index contributed by atoms with van der Waals surface area (Å²) in [7, 11) is 0. The van der Waals surface area contributed by atoms with Crippen molar-refractivity contribution in [1.29, 1.82) is 0 Å². The fourth-order valence-corrected chi connectivity index (χ4v) is 2.04. The van der Waals surface area contributed by atoms with Crippen LogP contribution in [-0.2, 0) is 6.42 Å². The smallest absolute Gasteiger partial charge is 0.127 e. The van der Waals surface area contributed by atoms with Gasteiger partial charge in [0.2, 0.25) is 0 Å². The lowest BCUT2D eigenvalue weighted by molar-refractivity contribution is 0.172. The van der Waals surface area contributed by atoms with Gasteiger partial charge < -0.3 is 5.11 Å². The number of halogens is 3. The molecule has 5 heteroatoms. The molecule has 1 unspecified atom stereocenters. The minimum Gasteiger partial charge on any atom is -0.386 e. The lowest BCUT2D eigenvalue weighted by Gasteiger charge is -2.12. The maximum absolute atomic E-state index is 13.6. The summed E-state index contributed by atoms with van der Waals surface area (Å²) < 4.78 is 13.6. The second-order valence-corrected chi connectivity index (χ2v) is 4.67. The molecule has 0 fully saturated rings. The summed E-state index contributed by atoms with van der Waals surface area (Å²) in [5.41, 5.74) is 0.710. The molecule has 0 radical (unpaired) electrons. The third kappa shape index (κ3) is 2.99. The maximum Gasteiger partial charge on any atom is 0.127 e. The molecule has 94 valence electrons. The summed E-state index contributed by atoms with van der Waals surface area (Å²) in [6.07, 6.45) is 0.678. The van der Waals surface area contributed by atoms with E-state index in [1.807, 2.05) is 0 Å². The third-order valence-corrected chi connectivity index (χ3v) is 3.09. The molecule has 1 N–H and O–H groups in total. The van der Waals surface area contributed by atoms with Crippen LogP contribution in [0.5, 0.6) is 0 Å². The van der Waals surface area contributed by atoms with Crippen molar-refractivity contribution in [3.8, 4) is 0 Å². The highest BCUT2D eigenvalue weighted by molar-refractivity contribution is 6.31. The van der Waals surface area contributed by atoms with Crippen LogP contribution < -0.4 is 0 Å². The van der Waals surface area contributed by atoms with Gasteiger partial charge in [0.1, 0.15) is 11.9 Å². The van der Waals surface area contributed by atoms with Crippen molar-refractivity contribution >= 4 is 23.2 Å². The van der Waals surface area contributed by atoms with E-state index >= 15 is 0 Å². The van der Waals surface area contributed by atoms with Crippen molar-refractivity contribution in [3.63, 3.8) is 0 Å². The molecule has 0 aliphatic rings. The first-order valence-corrected chi connectivity index (χ1v) is 6.06. The van der Waals surface area contributed by atoms with E-state index in [1.165, 1.54) is 18.3 Å². The standard InChI is InChI=1S/C13H10Cl2FNO/c14-9-4-3-8(11(16)7-9)6-12(18)13-10(15)2-1-5-17-13/h1-5,7,12,18H,6H2. The van der Waals surface area contributed by atoms with Crippen molar-refractivity contribution in [2.75, 3.05) is 0 Å². The summed E-state index contributed by atoms with van der Waals surface area (Å²) in [6.45, 7) is 0. The Hall–Kier alpha value is -1.16. The Balaban J connectivity index is 2.21. The van der Waals surface area contributed by atoms with Crippen LogP contribution in [0.3, 0.4) is 0 Å². The van der Waals surface area contributed by atoms with E-state index in [4.69, 9.17) is 23.2 Å². The lowest BCUT2D eigenvalue weighted by Crippen LogP contribution is -2.06. The molecule has 1 aromatic heterocycles. The van der Waals surface area contributed by atoms with E-state index in [2.05, 4.69) is 4.98 Å². The van der Waals surface area contributed by atoms with Gasteiger partial charge in [-0.25, -0.2) is 4.39 Å². The average Bonchev–Trinajstić information content (AvgIpc) is 2.33. The van der Waals surface area contributed by atoms with Crippen LogP contribution in [-0.4, -0.2) is 10.1 Å². The number of hydrogen-bond donors (Lipinski definition) is 1. The Kier molecular flexibility index (Phi) is 4.17. The lowest BCUT2D eigenvalue weighted by atomic mass is 10.0. The minimum atomic E-state index is -0.950. The normalized spacial score (nSPS) is 12.4. The molecule has 1 heterocycles. The van der Waals surface area contributed by atoms with Crippen LogP contribution >= 0.6 is 23.2 Å². The van der Waals surface area contributed by atoms with Gasteiger partial charge in [-0.1, -0.05) is 29.3 Å². The molecule has 2 nitrogen and oxygen atoms in total. The molecule has 0 amide bonds. The first-order valence-electron chi connectivity index (χ1n) is 5.30. The van der Waals surface area contributed by atoms with Gasteiger partial charge in [0, 0.05) is 17.6 Å². The average molecular weight is 286 g/mol. The van der Waals surface area contributed by atoms with Gasteiger partial charge in [-0.3, -0.25) is 4.98 Å². The van der Waals surface area contributed by atoms with Crippen molar-refractivity contribution in [2.24, 2.45) is 0 Å². The molecule has 0 bridgehead atoms. The van der Waals surface area contributed by atoms with E-state index in [-0.39, 0.29) is 6.42 Å². The molecule has 1 atom stereocenters. The molecular formula is C13H10Cl2FNO. The van der Waals surface area contributed by atoms with Gasteiger partial charge in [0.05, 0.1) is 10.7 Å². The predicted octanol–water partition coefficient (Wildman–Crippen LogP) is 3.80. The predicted molar refractivity (Wildman–Crippen MR) is 69.3 cm³/mol. The van der Waals surface area contributed by atoms with Gasteiger partial charge >= 0.3 is 0 Å². The van der Waals surface area contributed by atoms with Crippen LogP contribution in [0.2, 0.25) is 10.0 Å². The molecule has 18 heavy (non-hydrogen) atoms. The van der Waals surface area contributed by atoms with Crippen LogP contribution in [0, 0.1) is 5.82 Å². The summed E-state index contributed by atoms with van der Waals surface area (Å²) in [5.74, 6) is -0.450. The molecule has 1 aromatic carbocycles. The van der Waals surface area contributed by atoms with E-state index in [1.54, 1.807) is 18.2 Å². The van der Waals surface area contributed by atoms with Gasteiger partial charge in [-0.15, -0.1) is 0 Å². The van der Waals surface area contributed by atoms with Crippen molar-refractivity contribution < 1.29 is 9.50 Å². The zero-order chi connectivity index (χ0) is 13.1. The zero-order valence-electron chi connectivity index (χ0n) is 9.28. The van der Waals surface area contributed by atoms with Crippen molar-refractivity contribution in [1.82, 2.24) is 4.98 Å². The largest absolute Gasteiger partial charge is 0.386 e. The molecule has 0 spiro atoms. The summed E-state index contributed by atoms with van der Waals surface area (Å²) in [5, 5.41) is 10.7. The third-order valence-electron chi connectivity index (χ3n) is 2.53. The second-order valence-electron chi connectivity index (χ2n) is 3.83. The number of aliphatic hydroxyl groups excluding tert-OH is 1. The number of aliphatic hydroxyl groups is 1. The first-order chi connectivity index (χ1) is 8.58. The van der Waals surface area contributed by atoms with Gasteiger partial charge in [-0.2, -0.15) is 0 Å². The Labute approximate surface area is 114 Å². The second kappa shape index (κ2) is 5.65. The molecule has 0 saturated heterocycles. The fourth-order valence-electron chi connectivity index (χ4n) is 1.64. The highest BCUT2D eigenvalue weighted by atomic mass is 35.5. The van der Waals surface area contributed by atoms with Crippen LogP contribution in [0.1, 0.15) is 17.4 Å². The topological polar surface area (TPSA) is 33.1 Å². The molecule has 2 aromatic rings. The molecule has 0 saturated carbocycles. The summed E-state index contributed by atoms with van der Waals surface area (Å²) >= 11 is 11.6. The number of hydrogen-bond acceptors (Lipinski definition) is 2. The maximum atomic E-state index is 13.6. The Bertz CT molecular complexity index is 562. The first kappa shape index (κ1) is 13.3. The Morgan fingerprint density at radius 3 is 2.72 bits per heavy atom. The van der Waals surface area contributed by atoms with Crippen LogP contribution in [0.25, 0.3) is 0 Å². The van der Waals surface area contributed by atoms with Crippen molar-refractivity contribution in [2.45, 2.75) is 12.5 Å². The minimum absolute atomic E-state index is 0.0970. The number of benzene rings is 1. The molecular weight excluding hydrogens is 276 g/mol. The highest BCUT2D eigenvalue weighted by Gasteiger charge is 2.15. The number of nitrogens with zero attached hydrogens (tertiary/aromatic N) is 1. The van der Waals surface area contributed by atoms with E-state index < -0.39 is 11.9 Å². The van der Waals surface area contributed by atoms with Crippen LogP contribution in [0.4, 0.5) is 4.39 Å². The number of aromatic nitrogens is 1. The van der Waals surface area contributed by atoms with Crippen molar-refractivity contribution in [3.05, 3.63) is 63.6 Å². The molecule has 0 aliphatic carbocycles. The van der Waals surface area contributed by atoms with Gasteiger partial charge in [0.25, 0.3) is 0 Å².